The first kappa shape index (κ1) is 14.4. The zero-order chi connectivity index (χ0) is 14.0. The predicted octanol–water partition coefficient (Wildman–Crippen LogP) is 1.78. The van der Waals surface area contributed by atoms with Gasteiger partial charge in [-0.15, -0.1) is 0 Å². The molecule has 0 saturated heterocycles. The quantitative estimate of drug-likeness (QED) is 0.838. The molecule has 1 atom stereocenters. The SMILES string of the molecule is CC(CC1CC1)NS(=O)(=O)c1ccc(CO)cc1F. The molecule has 0 bridgehead atoms. The molecule has 19 heavy (non-hydrogen) atoms. The Hall–Kier alpha value is -0.980. The highest BCUT2D eigenvalue weighted by Gasteiger charge is 2.27. The number of aliphatic hydroxyl groups is 1. The fourth-order valence-electron chi connectivity index (χ4n) is 2.09. The Labute approximate surface area is 112 Å². The van der Waals surface area contributed by atoms with E-state index in [9.17, 15) is 12.8 Å². The monoisotopic (exact) mass is 287 g/mol. The van der Waals surface area contributed by atoms with E-state index in [2.05, 4.69) is 4.72 Å². The number of benzene rings is 1. The van der Waals surface area contributed by atoms with E-state index in [1.54, 1.807) is 6.92 Å². The molecule has 0 aliphatic heterocycles. The van der Waals surface area contributed by atoms with Crippen LogP contribution in [-0.2, 0) is 16.6 Å². The van der Waals surface area contributed by atoms with Gasteiger partial charge < -0.3 is 5.11 Å². The molecule has 6 heteroatoms. The Morgan fingerprint density at radius 2 is 2.16 bits per heavy atom. The highest BCUT2D eigenvalue weighted by molar-refractivity contribution is 7.89. The zero-order valence-electron chi connectivity index (χ0n) is 10.8. The maximum absolute atomic E-state index is 13.7. The van der Waals surface area contributed by atoms with Crippen LogP contribution in [0, 0.1) is 11.7 Å². The van der Waals surface area contributed by atoms with Crippen molar-refractivity contribution in [1.29, 1.82) is 0 Å². The van der Waals surface area contributed by atoms with E-state index in [0.29, 0.717) is 11.5 Å². The summed E-state index contributed by atoms with van der Waals surface area (Å²) in [5.41, 5.74) is 0.350. The van der Waals surface area contributed by atoms with Gasteiger partial charge in [0, 0.05) is 6.04 Å². The van der Waals surface area contributed by atoms with E-state index in [4.69, 9.17) is 5.11 Å². The van der Waals surface area contributed by atoms with Gasteiger partial charge in [0.05, 0.1) is 6.61 Å². The van der Waals surface area contributed by atoms with Crippen molar-refractivity contribution in [2.75, 3.05) is 0 Å². The lowest BCUT2D eigenvalue weighted by atomic mass is 10.2. The van der Waals surface area contributed by atoms with Gasteiger partial charge in [-0.1, -0.05) is 18.9 Å². The molecule has 0 heterocycles. The molecule has 0 amide bonds. The largest absolute Gasteiger partial charge is 0.392 e. The van der Waals surface area contributed by atoms with Crippen LogP contribution in [0.15, 0.2) is 23.1 Å². The average Bonchev–Trinajstić information content (AvgIpc) is 3.11. The molecule has 2 N–H and O–H groups in total. The average molecular weight is 287 g/mol. The Kier molecular flexibility index (Phi) is 4.23. The van der Waals surface area contributed by atoms with Gasteiger partial charge in [0.1, 0.15) is 10.7 Å². The number of halogens is 1. The molecule has 106 valence electrons. The molecule has 4 nitrogen and oxygen atoms in total. The second kappa shape index (κ2) is 5.56. The number of aliphatic hydroxyl groups excluding tert-OH is 1. The predicted molar refractivity (Wildman–Crippen MR) is 69.4 cm³/mol. The summed E-state index contributed by atoms with van der Waals surface area (Å²) in [5.74, 6) is -0.239. The van der Waals surface area contributed by atoms with Crippen LogP contribution in [0.25, 0.3) is 0 Å². The van der Waals surface area contributed by atoms with Gasteiger partial charge >= 0.3 is 0 Å². The number of sulfonamides is 1. The number of nitrogens with one attached hydrogen (secondary N) is 1. The molecule has 0 spiro atoms. The molecule has 1 aromatic carbocycles. The first-order valence-electron chi connectivity index (χ1n) is 6.34. The van der Waals surface area contributed by atoms with Crippen molar-refractivity contribution in [3.8, 4) is 0 Å². The highest BCUT2D eigenvalue weighted by atomic mass is 32.2. The fourth-order valence-corrected chi connectivity index (χ4v) is 3.41. The van der Waals surface area contributed by atoms with E-state index < -0.39 is 15.8 Å². The molecule has 1 unspecified atom stereocenters. The molecule has 0 radical (unpaired) electrons. The van der Waals surface area contributed by atoms with Crippen LogP contribution >= 0.6 is 0 Å². The topological polar surface area (TPSA) is 66.4 Å². The molecule has 1 aromatic rings. The third kappa shape index (κ3) is 3.75. The zero-order valence-corrected chi connectivity index (χ0v) is 11.6. The van der Waals surface area contributed by atoms with E-state index in [0.717, 1.165) is 25.3 Å². The second-order valence-corrected chi connectivity index (χ2v) is 6.81. The van der Waals surface area contributed by atoms with Crippen LogP contribution in [0.4, 0.5) is 4.39 Å². The van der Waals surface area contributed by atoms with E-state index in [1.807, 2.05) is 0 Å². The molecular weight excluding hydrogens is 269 g/mol. The maximum atomic E-state index is 13.7. The lowest BCUT2D eigenvalue weighted by Gasteiger charge is -2.14. The van der Waals surface area contributed by atoms with Crippen LogP contribution in [0.2, 0.25) is 0 Å². The lowest BCUT2D eigenvalue weighted by molar-refractivity contribution is 0.281. The normalized spacial score (nSPS) is 17.4. The van der Waals surface area contributed by atoms with Crippen LogP contribution in [0.5, 0.6) is 0 Å². The van der Waals surface area contributed by atoms with Crippen molar-refractivity contribution in [2.24, 2.45) is 5.92 Å². The number of rotatable bonds is 6. The number of hydrogen-bond acceptors (Lipinski definition) is 3. The Balaban J connectivity index is 2.13. The molecular formula is C13H18FNO3S. The minimum atomic E-state index is -3.84. The van der Waals surface area contributed by atoms with Crippen LogP contribution in [0.3, 0.4) is 0 Å². The first-order valence-corrected chi connectivity index (χ1v) is 7.82. The van der Waals surface area contributed by atoms with Gasteiger partial charge in [0.2, 0.25) is 10.0 Å². The minimum Gasteiger partial charge on any atom is -0.392 e. The van der Waals surface area contributed by atoms with Gasteiger partial charge in [-0.3, -0.25) is 0 Å². The third-order valence-corrected chi connectivity index (χ3v) is 4.83. The summed E-state index contributed by atoms with van der Waals surface area (Å²) in [7, 11) is -3.84. The summed E-state index contributed by atoms with van der Waals surface area (Å²) >= 11 is 0. The second-order valence-electron chi connectivity index (χ2n) is 5.12. The van der Waals surface area contributed by atoms with Gasteiger partial charge in [-0.2, -0.15) is 0 Å². The van der Waals surface area contributed by atoms with Crippen molar-refractivity contribution in [3.63, 3.8) is 0 Å². The molecule has 1 aliphatic carbocycles. The molecule has 0 aromatic heterocycles. The summed E-state index contributed by atoms with van der Waals surface area (Å²) in [6, 6.07) is 3.44. The van der Waals surface area contributed by atoms with Gasteiger partial charge in [0.15, 0.2) is 0 Å². The van der Waals surface area contributed by atoms with Gasteiger partial charge in [0.25, 0.3) is 0 Å². The van der Waals surface area contributed by atoms with Gasteiger partial charge in [-0.05, 0) is 37.0 Å². The smallest absolute Gasteiger partial charge is 0.243 e. The Morgan fingerprint density at radius 3 is 2.68 bits per heavy atom. The van der Waals surface area contributed by atoms with Crippen LogP contribution < -0.4 is 4.72 Å². The van der Waals surface area contributed by atoms with E-state index >= 15 is 0 Å². The first-order chi connectivity index (χ1) is 8.92. The Morgan fingerprint density at radius 1 is 1.47 bits per heavy atom. The number of hydrogen-bond donors (Lipinski definition) is 2. The summed E-state index contributed by atoms with van der Waals surface area (Å²) in [5, 5.41) is 8.88. The van der Waals surface area contributed by atoms with Crippen molar-refractivity contribution in [2.45, 2.75) is 43.7 Å². The van der Waals surface area contributed by atoms with Gasteiger partial charge in [-0.25, -0.2) is 17.5 Å². The van der Waals surface area contributed by atoms with E-state index in [-0.39, 0.29) is 17.5 Å². The summed E-state index contributed by atoms with van der Waals surface area (Å²) in [6.45, 7) is 1.47. The van der Waals surface area contributed by atoms with E-state index in [1.165, 1.54) is 12.1 Å². The molecule has 1 fully saturated rings. The minimum absolute atomic E-state index is 0.200. The van der Waals surface area contributed by atoms with Crippen LogP contribution in [-0.4, -0.2) is 19.6 Å². The molecule has 2 rings (SSSR count). The van der Waals surface area contributed by atoms with Crippen molar-refractivity contribution < 1.29 is 17.9 Å². The van der Waals surface area contributed by atoms with Crippen molar-refractivity contribution in [1.82, 2.24) is 4.72 Å². The third-order valence-electron chi connectivity index (χ3n) is 3.21. The van der Waals surface area contributed by atoms with Crippen molar-refractivity contribution >= 4 is 10.0 Å². The Bertz CT molecular complexity index is 555. The summed E-state index contributed by atoms with van der Waals surface area (Å²) in [4.78, 5) is -0.368. The van der Waals surface area contributed by atoms with Crippen molar-refractivity contribution in [3.05, 3.63) is 29.6 Å². The standard InChI is InChI=1S/C13H18FNO3S/c1-9(6-10-2-3-10)15-19(17,18)13-5-4-11(8-16)7-12(13)14/h4-5,7,9-10,15-16H,2-3,6,8H2,1H3. The maximum Gasteiger partial charge on any atom is 0.243 e. The highest BCUT2D eigenvalue weighted by Crippen LogP contribution is 2.33. The molecule has 1 aliphatic rings. The fraction of sp³-hybridized carbons (Fsp3) is 0.538. The van der Waals surface area contributed by atoms with Crippen LogP contribution in [0.1, 0.15) is 31.7 Å². The lowest BCUT2D eigenvalue weighted by Crippen LogP contribution is -2.33. The summed E-state index contributed by atoms with van der Waals surface area (Å²) < 4.78 is 40.3. The molecule has 1 saturated carbocycles. The summed E-state index contributed by atoms with van der Waals surface area (Å²) in [6.07, 6.45) is 3.08.